The number of rotatable bonds is 6. The van der Waals surface area contributed by atoms with Gasteiger partial charge in [-0.15, -0.1) is 0 Å². The van der Waals surface area contributed by atoms with E-state index in [-0.39, 0.29) is 5.69 Å². The molecule has 0 atom stereocenters. The minimum Gasteiger partial charge on any atom is -0.400 e. The molecule has 3 rings (SSSR count). The van der Waals surface area contributed by atoms with E-state index in [9.17, 15) is 9.36 Å². The van der Waals surface area contributed by atoms with Crippen molar-refractivity contribution in [2.24, 2.45) is 0 Å². The zero-order chi connectivity index (χ0) is 17.5. The average Bonchev–Trinajstić information content (AvgIpc) is 2.64. The number of hydrogen-bond donors (Lipinski definition) is 1. The molecular weight excluding hydrogens is 341 g/mol. The molecule has 8 heteroatoms. The molecule has 0 saturated heterocycles. The number of nitrogens with zero attached hydrogens (tertiary/aromatic N) is 2. The fraction of sp³-hybridized carbons (Fsp3) is 0. The second-order valence-corrected chi connectivity index (χ2v) is 6.42. The third-order valence-corrected chi connectivity index (χ3v) is 4.35. The van der Waals surface area contributed by atoms with Crippen molar-refractivity contribution < 1.29 is 18.4 Å². The predicted molar refractivity (Wildman–Crippen MR) is 91.2 cm³/mol. The number of carbonyl (C=O) groups is 1. The lowest BCUT2D eigenvalue weighted by molar-refractivity contribution is 0.0968. The number of carbonyl (C=O) groups excluding carboxylic acids is 1. The SMILES string of the molecule is O=C(NP(=O)(Oc1ccccc1)Oc1ccccc1)c1cnccn1. The first kappa shape index (κ1) is 16.7. The molecule has 0 unspecified atom stereocenters. The lowest BCUT2D eigenvalue weighted by Gasteiger charge is -2.19. The van der Waals surface area contributed by atoms with Crippen LogP contribution >= 0.6 is 7.75 Å². The summed E-state index contributed by atoms with van der Waals surface area (Å²) >= 11 is 0. The number of hydrogen-bond acceptors (Lipinski definition) is 6. The Morgan fingerprint density at radius 2 is 1.44 bits per heavy atom. The Kier molecular flexibility index (Phi) is 5.06. The molecule has 0 aliphatic rings. The molecule has 1 amide bonds. The van der Waals surface area contributed by atoms with Crippen LogP contribution in [0.4, 0.5) is 0 Å². The molecule has 1 N–H and O–H groups in total. The molecule has 1 aromatic heterocycles. The van der Waals surface area contributed by atoms with Gasteiger partial charge in [0.2, 0.25) is 0 Å². The molecule has 1 heterocycles. The maximum Gasteiger partial charge on any atom is 0.544 e. The van der Waals surface area contributed by atoms with Gasteiger partial charge in [0.25, 0.3) is 5.91 Å². The molecule has 0 bridgehead atoms. The van der Waals surface area contributed by atoms with Crippen LogP contribution in [0.25, 0.3) is 0 Å². The van der Waals surface area contributed by atoms with Crippen LogP contribution in [0.15, 0.2) is 79.3 Å². The minimum absolute atomic E-state index is 0.00366. The van der Waals surface area contributed by atoms with E-state index >= 15 is 0 Å². The van der Waals surface area contributed by atoms with Gasteiger partial charge in [0.05, 0.1) is 6.20 Å². The Morgan fingerprint density at radius 1 is 0.880 bits per heavy atom. The quantitative estimate of drug-likeness (QED) is 0.681. The van der Waals surface area contributed by atoms with Crippen molar-refractivity contribution in [3.63, 3.8) is 0 Å². The Morgan fingerprint density at radius 3 is 1.92 bits per heavy atom. The van der Waals surface area contributed by atoms with Gasteiger partial charge in [-0.2, -0.15) is 0 Å². The second kappa shape index (κ2) is 7.59. The Labute approximate surface area is 144 Å². The van der Waals surface area contributed by atoms with E-state index in [0.717, 1.165) is 0 Å². The van der Waals surface area contributed by atoms with Gasteiger partial charge in [0, 0.05) is 12.4 Å². The predicted octanol–water partition coefficient (Wildman–Crippen LogP) is 3.47. The van der Waals surface area contributed by atoms with E-state index in [0.29, 0.717) is 11.5 Å². The zero-order valence-corrected chi connectivity index (χ0v) is 13.9. The van der Waals surface area contributed by atoms with Crippen molar-refractivity contribution in [3.8, 4) is 11.5 Å². The molecule has 2 aromatic carbocycles. The summed E-state index contributed by atoms with van der Waals surface area (Å²) < 4.78 is 24.0. The van der Waals surface area contributed by atoms with Gasteiger partial charge in [-0.05, 0) is 24.3 Å². The van der Waals surface area contributed by atoms with Gasteiger partial charge in [-0.1, -0.05) is 36.4 Å². The summed E-state index contributed by atoms with van der Waals surface area (Å²) in [5, 5.41) is 2.28. The molecule has 0 radical (unpaired) electrons. The van der Waals surface area contributed by atoms with E-state index in [1.807, 2.05) is 0 Å². The third kappa shape index (κ3) is 4.65. The summed E-state index contributed by atoms with van der Waals surface area (Å²) in [6.45, 7) is 0. The second-order valence-electron chi connectivity index (χ2n) is 4.84. The summed E-state index contributed by atoms with van der Waals surface area (Å²) in [6.07, 6.45) is 4.04. The van der Waals surface area contributed by atoms with Gasteiger partial charge in [-0.3, -0.25) is 9.78 Å². The summed E-state index contributed by atoms with van der Waals surface area (Å²) in [5.41, 5.74) is -0.00366. The summed E-state index contributed by atoms with van der Waals surface area (Å²) in [7, 11) is -4.05. The van der Waals surface area contributed by atoms with E-state index < -0.39 is 13.7 Å². The maximum absolute atomic E-state index is 13.1. The Balaban J connectivity index is 1.85. The normalized spacial score (nSPS) is 10.7. The average molecular weight is 355 g/mol. The van der Waals surface area contributed by atoms with Gasteiger partial charge < -0.3 is 9.05 Å². The first-order valence-electron chi connectivity index (χ1n) is 7.33. The van der Waals surface area contributed by atoms with Crippen LogP contribution < -0.4 is 14.1 Å². The number of para-hydroxylation sites is 2. The molecule has 0 fully saturated rings. The lowest BCUT2D eigenvalue weighted by atomic mass is 10.3. The number of benzene rings is 2. The van der Waals surface area contributed by atoms with Crippen molar-refractivity contribution in [2.75, 3.05) is 0 Å². The first-order valence-corrected chi connectivity index (χ1v) is 8.87. The van der Waals surface area contributed by atoms with Crippen LogP contribution in [0.2, 0.25) is 0 Å². The van der Waals surface area contributed by atoms with Crippen molar-refractivity contribution in [1.29, 1.82) is 0 Å². The lowest BCUT2D eigenvalue weighted by Crippen LogP contribution is -2.26. The largest absolute Gasteiger partial charge is 0.544 e. The molecule has 7 nitrogen and oxygen atoms in total. The van der Waals surface area contributed by atoms with Crippen LogP contribution in [-0.2, 0) is 4.57 Å². The topological polar surface area (TPSA) is 90.4 Å². The van der Waals surface area contributed by atoms with E-state index in [1.54, 1.807) is 60.7 Å². The molecule has 0 aliphatic carbocycles. The monoisotopic (exact) mass is 355 g/mol. The Hall–Kier alpha value is -3.18. The number of aromatic nitrogens is 2. The van der Waals surface area contributed by atoms with Gasteiger partial charge in [-0.25, -0.2) is 14.6 Å². The zero-order valence-electron chi connectivity index (χ0n) is 13.0. The van der Waals surface area contributed by atoms with Gasteiger partial charge >= 0.3 is 7.75 Å². The van der Waals surface area contributed by atoms with Crippen LogP contribution in [0.5, 0.6) is 11.5 Å². The molecule has 0 saturated carbocycles. The van der Waals surface area contributed by atoms with Crippen molar-refractivity contribution in [3.05, 3.63) is 84.9 Å². The molecule has 0 aliphatic heterocycles. The van der Waals surface area contributed by atoms with E-state index in [4.69, 9.17) is 9.05 Å². The highest BCUT2D eigenvalue weighted by atomic mass is 31.2. The number of amides is 1. The minimum atomic E-state index is -4.05. The van der Waals surface area contributed by atoms with Crippen molar-refractivity contribution in [2.45, 2.75) is 0 Å². The molecular formula is C17H14N3O4P. The summed E-state index contributed by atoms with van der Waals surface area (Å²) in [5.74, 6) is -0.134. The maximum atomic E-state index is 13.1. The van der Waals surface area contributed by atoms with Gasteiger partial charge in [0.1, 0.15) is 17.2 Å². The van der Waals surface area contributed by atoms with Crippen LogP contribution in [-0.4, -0.2) is 15.9 Å². The molecule has 126 valence electrons. The molecule has 0 spiro atoms. The highest BCUT2D eigenvalue weighted by molar-refractivity contribution is 7.53. The van der Waals surface area contributed by atoms with Gasteiger partial charge in [0.15, 0.2) is 0 Å². The summed E-state index contributed by atoms with van der Waals surface area (Å²) in [6, 6.07) is 16.9. The fourth-order valence-electron chi connectivity index (χ4n) is 1.90. The van der Waals surface area contributed by atoms with E-state index in [1.165, 1.54) is 18.6 Å². The van der Waals surface area contributed by atoms with Crippen molar-refractivity contribution in [1.82, 2.24) is 15.1 Å². The highest BCUT2D eigenvalue weighted by Gasteiger charge is 2.32. The van der Waals surface area contributed by atoms with Crippen LogP contribution in [0.1, 0.15) is 10.5 Å². The highest BCUT2D eigenvalue weighted by Crippen LogP contribution is 2.44. The number of nitrogens with one attached hydrogen (secondary N) is 1. The standard InChI is InChI=1S/C17H14N3O4P/c21-17(16-13-18-11-12-19-16)20-25(22,23-14-7-3-1-4-8-14)24-15-9-5-2-6-10-15/h1-13H,(H,20,21,22). The van der Waals surface area contributed by atoms with Crippen LogP contribution in [0, 0.1) is 0 Å². The first-order chi connectivity index (χ1) is 12.1. The molecule has 3 aromatic rings. The van der Waals surface area contributed by atoms with Crippen molar-refractivity contribution >= 4 is 13.7 Å². The fourth-order valence-corrected chi connectivity index (χ4v) is 3.19. The summed E-state index contributed by atoms with van der Waals surface area (Å²) in [4.78, 5) is 20.0. The molecule has 25 heavy (non-hydrogen) atoms. The Bertz CT molecular complexity index is 831. The van der Waals surface area contributed by atoms with E-state index in [2.05, 4.69) is 15.1 Å². The third-order valence-electron chi connectivity index (χ3n) is 2.97. The van der Waals surface area contributed by atoms with Crippen LogP contribution in [0.3, 0.4) is 0 Å². The smallest absolute Gasteiger partial charge is 0.400 e.